The van der Waals surface area contributed by atoms with Crippen molar-refractivity contribution in [2.75, 3.05) is 21.3 Å². The number of carbonyl (C=O) groups is 2. The number of fused-ring (bicyclic) bond motifs is 5. The lowest BCUT2D eigenvalue weighted by molar-refractivity contribution is -0.351. The van der Waals surface area contributed by atoms with Crippen molar-refractivity contribution in [2.45, 2.75) is 291 Å². The molecule has 9 rings (SSSR count). The monoisotopic (exact) mass is 1110 g/mol. The Morgan fingerprint density at radius 3 is 1.50 bits per heavy atom. The van der Waals surface area contributed by atoms with Crippen LogP contribution in [0.1, 0.15) is 139 Å². The van der Waals surface area contributed by atoms with Gasteiger partial charge in [0.1, 0.15) is 53.4 Å². The van der Waals surface area contributed by atoms with Gasteiger partial charge in [0.15, 0.2) is 37.2 Å². The fourth-order valence-corrected chi connectivity index (χ4v) is 15.6. The summed E-state index contributed by atoms with van der Waals surface area (Å²) in [5.41, 5.74) is -6.91. The minimum Gasteiger partial charge on any atom is -0.462 e. The highest BCUT2D eigenvalue weighted by atomic mass is 16.8. The van der Waals surface area contributed by atoms with Crippen LogP contribution in [0, 0.1) is 16.7 Å². The van der Waals surface area contributed by atoms with Crippen molar-refractivity contribution in [3.63, 3.8) is 0 Å². The van der Waals surface area contributed by atoms with Crippen molar-refractivity contribution in [1.82, 2.24) is 0 Å². The summed E-state index contributed by atoms with van der Waals surface area (Å²) in [7, 11) is 4.76. The van der Waals surface area contributed by atoms with E-state index in [2.05, 4.69) is 6.92 Å². The van der Waals surface area contributed by atoms with E-state index in [4.69, 9.17) is 66.3 Å². The minimum absolute atomic E-state index is 0.0413. The SMILES string of the molecule is CO[C@H]1C[C@H](O[C@H]2[C@H](C)O[C@H](O[C@H]3[C@@H](O)C[C@H](O[C@H]4[C@@H](O)C[C@H](O[C@H]5CC[C@@]6(C)C(=CC[C@]7(O)[C@@H]6C[C@@H](OC(C)=O)[C@@]6(C)[C@]7(O)CC[C@@]6(O)C(C)=O)C5)O[C@@H]4C)O[C@@H]3C)C[C@H]2OC)O[C@H](C)[C@H]1O[C@@H]1C[C@@H](OC)[C@@H](O)[C@H](C)O1. The molecule has 0 radical (unpaired) electrons. The van der Waals surface area contributed by atoms with Crippen molar-refractivity contribution >= 4 is 11.8 Å². The Morgan fingerprint density at radius 2 is 1.03 bits per heavy atom. The Morgan fingerprint density at radius 1 is 0.577 bits per heavy atom. The molecule has 0 aromatic heterocycles. The zero-order valence-electron chi connectivity index (χ0n) is 47.6. The van der Waals surface area contributed by atoms with Gasteiger partial charge in [0.05, 0.1) is 72.6 Å². The number of aliphatic hydroxyl groups excluding tert-OH is 3. The van der Waals surface area contributed by atoms with Crippen LogP contribution in [-0.4, -0.2) is 216 Å². The van der Waals surface area contributed by atoms with E-state index in [-0.39, 0.29) is 51.0 Å². The van der Waals surface area contributed by atoms with E-state index < -0.39 is 174 Å². The number of carbonyl (C=O) groups excluding carboxylic acids is 2. The van der Waals surface area contributed by atoms with Crippen molar-refractivity contribution < 1.29 is 107 Å². The second-order valence-electron chi connectivity index (χ2n) is 24.5. The average Bonchev–Trinajstić information content (AvgIpc) is 3.58. The van der Waals surface area contributed by atoms with Crippen LogP contribution in [0.4, 0.5) is 0 Å². The molecule has 6 N–H and O–H groups in total. The maximum atomic E-state index is 13.0. The molecular formula is C56H90O22. The molecule has 0 aromatic rings. The number of methoxy groups -OCH3 is 3. The summed E-state index contributed by atoms with van der Waals surface area (Å²) in [5.74, 6) is -1.71. The summed E-state index contributed by atoms with van der Waals surface area (Å²) < 4.78 is 86.7. The lowest BCUT2D eigenvalue weighted by Crippen LogP contribution is -2.78. The van der Waals surface area contributed by atoms with E-state index in [1.807, 2.05) is 19.9 Å². The molecule has 22 heteroatoms. The Bertz CT molecular complexity index is 2110. The molecule has 9 aliphatic rings. The first kappa shape index (κ1) is 60.7. The molecule has 0 spiro atoms. The number of hydrogen-bond donors (Lipinski definition) is 6. The van der Waals surface area contributed by atoms with Gasteiger partial charge in [0, 0.05) is 66.3 Å². The highest BCUT2D eigenvalue weighted by molar-refractivity contribution is 5.87. The van der Waals surface area contributed by atoms with Gasteiger partial charge in [-0.3, -0.25) is 9.59 Å². The van der Waals surface area contributed by atoms with E-state index in [1.165, 1.54) is 13.8 Å². The third-order valence-electron chi connectivity index (χ3n) is 20.1. The number of hydrogen-bond acceptors (Lipinski definition) is 22. The molecule has 0 amide bonds. The zero-order valence-corrected chi connectivity index (χ0v) is 47.6. The summed E-state index contributed by atoms with van der Waals surface area (Å²) in [6.45, 7) is 15.3. The average molecular weight is 1120 g/mol. The van der Waals surface area contributed by atoms with Crippen LogP contribution in [0.5, 0.6) is 0 Å². The number of ether oxygens (including phenoxy) is 14. The van der Waals surface area contributed by atoms with Crippen molar-refractivity contribution in [1.29, 1.82) is 0 Å². The second kappa shape index (κ2) is 23.3. The first-order valence-electron chi connectivity index (χ1n) is 28.5. The van der Waals surface area contributed by atoms with Gasteiger partial charge in [-0.25, -0.2) is 0 Å². The molecule has 0 bridgehead atoms. The topological polar surface area (TPSA) is 285 Å². The Kier molecular flexibility index (Phi) is 18.1. The summed E-state index contributed by atoms with van der Waals surface area (Å²) in [4.78, 5) is 25.6. The predicted molar refractivity (Wildman–Crippen MR) is 271 cm³/mol. The van der Waals surface area contributed by atoms with Crippen LogP contribution in [0.25, 0.3) is 0 Å². The number of rotatable bonds is 15. The van der Waals surface area contributed by atoms with Crippen LogP contribution in [0.15, 0.2) is 11.6 Å². The Labute approximate surface area is 458 Å². The second-order valence-corrected chi connectivity index (χ2v) is 24.5. The van der Waals surface area contributed by atoms with Crippen molar-refractivity contribution in [3.8, 4) is 0 Å². The lowest BCUT2D eigenvalue weighted by atomic mass is 9.42. The third kappa shape index (κ3) is 10.7. The normalized spacial score (nSPS) is 52.6. The van der Waals surface area contributed by atoms with Gasteiger partial charge < -0.3 is 97.0 Å². The number of aliphatic hydroxyl groups is 6. The minimum atomic E-state index is -2.01. The summed E-state index contributed by atoms with van der Waals surface area (Å²) in [6, 6.07) is 0. The van der Waals surface area contributed by atoms with Crippen molar-refractivity contribution in [2.24, 2.45) is 16.7 Å². The van der Waals surface area contributed by atoms with Crippen LogP contribution >= 0.6 is 0 Å². The highest BCUT2D eigenvalue weighted by Crippen LogP contribution is 2.71. The molecule has 0 aromatic carbocycles. The fourth-order valence-electron chi connectivity index (χ4n) is 15.6. The van der Waals surface area contributed by atoms with Gasteiger partial charge in [0.2, 0.25) is 0 Å². The largest absolute Gasteiger partial charge is 0.462 e. The van der Waals surface area contributed by atoms with Gasteiger partial charge in [-0.2, -0.15) is 0 Å². The molecule has 4 aliphatic carbocycles. The quantitative estimate of drug-likeness (QED) is 0.102. The smallest absolute Gasteiger partial charge is 0.302 e. The van der Waals surface area contributed by atoms with Gasteiger partial charge in [-0.05, 0) is 98.8 Å². The van der Waals surface area contributed by atoms with Gasteiger partial charge in [-0.1, -0.05) is 18.6 Å². The Hall–Kier alpha value is -1.88. The zero-order chi connectivity index (χ0) is 56.6. The number of esters is 1. The molecule has 28 atom stereocenters. The molecule has 446 valence electrons. The molecule has 5 saturated heterocycles. The standard InChI is InChI=1S/C56H90O22/c1-26-47(61)37(65-10)22-44(68-26)77-50-30(5)72-46(24-39(50)67-12)78-51-29(4)71-45(23-38(51)66-11)76-49-28(3)70-43(21-36(49)60)75-48-27(2)69-42(20-35(48)59)74-34-14-15-52(8)33(19-34)13-16-55(63)40(52)25-41(73-32(7)58)53(9)54(62,31(6)57)17-18-56(53,55)64/h13,26-30,34-51,59-64H,14-25H2,1-12H3/t26-,27+,28+,29-,30+,34-,35-,36-,37+,38+,39-,40+,41+,42-,43-,44+,45+,46-,47-,48+,49+,50+,51-,52-,53+,54+,55-,56+/m0/s1. The molecule has 0 unspecified atom stereocenters. The number of Topliss-reactive ketones (excluding diaryl/α,β-unsaturated/α-hetero) is 1. The summed E-state index contributed by atoms with van der Waals surface area (Å²) >= 11 is 0. The van der Waals surface area contributed by atoms with E-state index in [0.717, 1.165) is 5.57 Å². The van der Waals surface area contributed by atoms with E-state index in [9.17, 15) is 40.2 Å². The van der Waals surface area contributed by atoms with Crippen LogP contribution < -0.4 is 0 Å². The van der Waals surface area contributed by atoms with E-state index >= 15 is 0 Å². The molecule has 5 aliphatic heterocycles. The van der Waals surface area contributed by atoms with Crippen LogP contribution in [0.3, 0.4) is 0 Å². The summed E-state index contributed by atoms with van der Waals surface area (Å²) in [6.07, 6.45) is -9.49. The highest BCUT2D eigenvalue weighted by Gasteiger charge is 2.81. The third-order valence-corrected chi connectivity index (χ3v) is 20.1. The number of ketones is 1. The first-order valence-corrected chi connectivity index (χ1v) is 28.5. The molecule has 3 saturated carbocycles. The maximum Gasteiger partial charge on any atom is 0.302 e. The lowest BCUT2D eigenvalue weighted by Gasteiger charge is -2.67. The first-order chi connectivity index (χ1) is 36.7. The van der Waals surface area contributed by atoms with Crippen molar-refractivity contribution in [3.05, 3.63) is 11.6 Å². The molecule has 8 fully saturated rings. The molecular weight excluding hydrogens is 1020 g/mol. The van der Waals surface area contributed by atoms with E-state index in [1.54, 1.807) is 49.0 Å². The fraction of sp³-hybridized carbons (Fsp3) is 0.929. The molecule has 78 heavy (non-hydrogen) atoms. The maximum absolute atomic E-state index is 13.0. The van der Waals surface area contributed by atoms with Gasteiger partial charge in [-0.15, -0.1) is 0 Å². The van der Waals surface area contributed by atoms with Gasteiger partial charge in [0.25, 0.3) is 0 Å². The molecule has 22 nitrogen and oxygen atoms in total. The summed E-state index contributed by atoms with van der Waals surface area (Å²) in [5, 5.41) is 70.8. The van der Waals surface area contributed by atoms with Gasteiger partial charge >= 0.3 is 5.97 Å². The van der Waals surface area contributed by atoms with Crippen LogP contribution in [0.2, 0.25) is 0 Å². The Balaban J connectivity index is 0.747. The van der Waals surface area contributed by atoms with E-state index in [0.29, 0.717) is 32.1 Å². The predicted octanol–water partition coefficient (Wildman–Crippen LogP) is 2.77. The van der Waals surface area contributed by atoms with Crippen LogP contribution in [-0.2, 0) is 75.9 Å². The molecule has 5 heterocycles.